The highest BCUT2D eigenvalue weighted by molar-refractivity contribution is 5.82. The Balaban J connectivity index is 1.65. The fourth-order valence-electron chi connectivity index (χ4n) is 4.56. The molecular formula is C22H31N2O4+. The van der Waals surface area contributed by atoms with E-state index in [-0.39, 0.29) is 35.3 Å². The van der Waals surface area contributed by atoms with E-state index in [2.05, 4.69) is 38.3 Å². The molecule has 1 aliphatic rings. The monoisotopic (exact) mass is 387 g/mol. The maximum atomic E-state index is 12.4. The first-order chi connectivity index (χ1) is 13.0. The number of quaternary nitrogens is 1. The summed E-state index contributed by atoms with van der Waals surface area (Å²) in [4.78, 5) is 24.3. The van der Waals surface area contributed by atoms with Crippen molar-refractivity contribution in [2.45, 2.75) is 71.5 Å². The van der Waals surface area contributed by atoms with Gasteiger partial charge in [-0.25, -0.2) is 4.79 Å². The van der Waals surface area contributed by atoms with Crippen LogP contribution in [0.5, 0.6) is 5.75 Å². The lowest BCUT2D eigenvalue weighted by molar-refractivity contribution is -0.787. The molecule has 1 aliphatic heterocycles. The Kier molecular flexibility index (Phi) is 5.28. The highest BCUT2D eigenvalue weighted by atomic mass is 16.5. The molecule has 0 unspecified atom stereocenters. The molecule has 1 saturated heterocycles. The summed E-state index contributed by atoms with van der Waals surface area (Å²) in [6.45, 7) is 12.4. The Bertz CT molecular complexity index is 943. The van der Waals surface area contributed by atoms with E-state index in [1.54, 1.807) is 19.1 Å². The van der Waals surface area contributed by atoms with E-state index in [1.165, 1.54) is 0 Å². The zero-order valence-electron chi connectivity index (χ0n) is 17.6. The van der Waals surface area contributed by atoms with Crippen LogP contribution in [-0.2, 0) is 4.79 Å². The van der Waals surface area contributed by atoms with Crippen LogP contribution in [0.2, 0.25) is 0 Å². The Hall–Kier alpha value is -2.34. The standard InChI is InChI=1S/C22H30N2O4/c1-13-14(2)20(26)28-18-9-16(7-8-17(13)18)27-12-19(25)23-15-10-21(3,4)24-22(5,6)11-15/h7-9,15,24H,10-12H2,1-6H3,(H,23,25)/p+1. The number of hydrogen-bond acceptors (Lipinski definition) is 4. The van der Waals surface area contributed by atoms with Gasteiger partial charge in [-0.2, -0.15) is 0 Å². The van der Waals surface area contributed by atoms with E-state index in [9.17, 15) is 9.59 Å². The normalized spacial score (nSPS) is 18.8. The van der Waals surface area contributed by atoms with Crippen LogP contribution >= 0.6 is 0 Å². The van der Waals surface area contributed by atoms with Gasteiger partial charge in [-0.1, -0.05) is 0 Å². The number of piperidine rings is 1. The van der Waals surface area contributed by atoms with Crippen LogP contribution in [0, 0.1) is 13.8 Å². The van der Waals surface area contributed by atoms with E-state index in [0.717, 1.165) is 23.8 Å². The first-order valence-electron chi connectivity index (χ1n) is 9.79. The molecule has 1 aromatic carbocycles. The number of hydrogen-bond donors (Lipinski definition) is 2. The van der Waals surface area contributed by atoms with Gasteiger partial charge in [-0.05, 0) is 59.2 Å². The third-order valence-electron chi connectivity index (χ3n) is 5.49. The summed E-state index contributed by atoms with van der Waals surface area (Å²) >= 11 is 0. The molecule has 0 radical (unpaired) electrons. The van der Waals surface area contributed by atoms with E-state index < -0.39 is 0 Å². The maximum absolute atomic E-state index is 12.4. The van der Waals surface area contributed by atoms with Crippen molar-refractivity contribution in [2.75, 3.05) is 6.61 Å². The molecule has 3 N–H and O–H groups in total. The first kappa shape index (κ1) is 20.4. The summed E-state index contributed by atoms with van der Waals surface area (Å²) in [5, 5.41) is 6.36. The minimum absolute atomic E-state index is 0.0678. The average molecular weight is 388 g/mol. The minimum atomic E-state index is -0.348. The molecule has 0 saturated carbocycles. The predicted molar refractivity (Wildman–Crippen MR) is 109 cm³/mol. The third-order valence-corrected chi connectivity index (χ3v) is 5.49. The number of carbonyl (C=O) groups is 1. The van der Waals surface area contributed by atoms with Crippen molar-refractivity contribution in [1.29, 1.82) is 0 Å². The number of aryl methyl sites for hydroxylation is 1. The predicted octanol–water partition coefficient (Wildman–Crippen LogP) is 2.19. The van der Waals surface area contributed by atoms with Gasteiger partial charge in [0.1, 0.15) is 11.3 Å². The van der Waals surface area contributed by atoms with Crippen molar-refractivity contribution < 1.29 is 19.3 Å². The highest BCUT2D eigenvalue weighted by Crippen LogP contribution is 2.24. The second kappa shape index (κ2) is 7.24. The van der Waals surface area contributed by atoms with Crippen LogP contribution in [0.1, 0.15) is 51.7 Å². The molecule has 28 heavy (non-hydrogen) atoms. The molecule has 2 aromatic rings. The summed E-state index contributed by atoms with van der Waals surface area (Å²) in [6.07, 6.45) is 1.84. The van der Waals surface area contributed by atoms with Crippen LogP contribution in [0.25, 0.3) is 11.0 Å². The molecule has 1 fully saturated rings. The van der Waals surface area contributed by atoms with Gasteiger partial charge in [0, 0.05) is 35.9 Å². The van der Waals surface area contributed by atoms with Crippen molar-refractivity contribution in [3.05, 3.63) is 39.7 Å². The van der Waals surface area contributed by atoms with E-state index in [4.69, 9.17) is 9.15 Å². The van der Waals surface area contributed by atoms with E-state index in [0.29, 0.717) is 16.9 Å². The lowest BCUT2D eigenvalue weighted by atomic mass is 9.79. The number of nitrogens with two attached hydrogens (primary N) is 1. The SMILES string of the molecule is Cc1c(C)c2ccc(OCC(=O)NC3CC(C)(C)[NH2+]C(C)(C)C3)cc2oc1=O. The zero-order chi connectivity index (χ0) is 20.7. The van der Waals surface area contributed by atoms with Crippen LogP contribution in [0.4, 0.5) is 0 Å². The van der Waals surface area contributed by atoms with Crippen molar-refractivity contribution >= 4 is 16.9 Å². The second-order valence-electron chi connectivity index (χ2n) is 9.38. The summed E-state index contributed by atoms with van der Waals surface area (Å²) in [5.41, 5.74) is 1.81. The number of ether oxygens (including phenoxy) is 1. The molecule has 152 valence electrons. The number of benzene rings is 1. The molecule has 6 nitrogen and oxygen atoms in total. The quantitative estimate of drug-likeness (QED) is 0.788. The topological polar surface area (TPSA) is 85.2 Å². The Morgan fingerprint density at radius 3 is 2.46 bits per heavy atom. The molecule has 0 bridgehead atoms. The van der Waals surface area contributed by atoms with Crippen molar-refractivity contribution in [1.82, 2.24) is 5.32 Å². The van der Waals surface area contributed by atoms with Gasteiger partial charge in [-0.3, -0.25) is 4.79 Å². The summed E-state index contributed by atoms with van der Waals surface area (Å²) < 4.78 is 11.0. The van der Waals surface area contributed by atoms with Gasteiger partial charge in [0.05, 0.1) is 11.1 Å². The van der Waals surface area contributed by atoms with Gasteiger partial charge >= 0.3 is 5.63 Å². The Morgan fingerprint density at radius 2 is 1.82 bits per heavy atom. The molecular weight excluding hydrogens is 356 g/mol. The molecule has 1 amide bonds. The molecule has 3 rings (SSSR count). The minimum Gasteiger partial charge on any atom is -0.484 e. The zero-order valence-corrected chi connectivity index (χ0v) is 17.6. The molecule has 0 atom stereocenters. The second-order valence-corrected chi connectivity index (χ2v) is 9.38. The van der Waals surface area contributed by atoms with Crippen molar-refractivity contribution in [3.63, 3.8) is 0 Å². The number of nitrogens with one attached hydrogen (secondary N) is 1. The third kappa shape index (κ3) is 4.55. The number of carbonyl (C=O) groups excluding carboxylic acids is 1. The largest absolute Gasteiger partial charge is 0.484 e. The van der Waals surface area contributed by atoms with Gasteiger partial charge < -0.3 is 19.8 Å². The van der Waals surface area contributed by atoms with E-state index >= 15 is 0 Å². The summed E-state index contributed by atoms with van der Waals surface area (Å²) in [5.74, 6) is 0.367. The van der Waals surface area contributed by atoms with Crippen molar-refractivity contribution in [2.24, 2.45) is 0 Å². The lowest BCUT2D eigenvalue weighted by Crippen LogP contribution is -3.06. The van der Waals surface area contributed by atoms with Crippen LogP contribution in [-0.4, -0.2) is 29.6 Å². The fourth-order valence-corrected chi connectivity index (χ4v) is 4.56. The van der Waals surface area contributed by atoms with Crippen LogP contribution in [0.15, 0.2) is 27.4 Å². The molecule has 1 aromatic heterocycles. The molecule has 6 heteroatoms. The summed E-state index contributed by atoms with van der Waals surface area (Å²) in [7, 11) is 0. The fraction of sp³-hybridized carbons (Fsp3) is 0.545. The average Bonchev–Trinajstić information content (AvgIpc) is 2.55. The number of fused-ring (bicyclic) bond motifs is 1. The van der Waals surface area contributed by atoms with Crippen molar-refractivity contribution in [3.8, 4) is 5.75 Å². The number of rotatable bonds is 4. The Labute approximate surface area is 165 Å². The maximum Gasteiger partial charge on any atom is 0.339 e. The van der Waals surface area contributed by atoms with Gasteiger partial charge in [0.25, 0.3) is 5.91 Å². The highest BCUT2D eigenvalue weighted by Gasteiger charge is 2.42. The van der Waals surface area contributed by atoms with Gasteiger partial charge in [-0.15, -0.1) is 0 Å². The van der Waals surface area contributed by atoms with Gasteiger partial charge in [0.15, 0.2) is 6.61 Å². The smallest absolute Gasteiger partial charge is 0.339 e. The number of amides is 1. The van der Waals surface area contributed by atoms with Crippen LogP contribution < -0.4 is 21.0 Å². The summed E-state index contributed by atoms with van der Waals surface area (Å²) in [6, 6.07) is 5.45. The first-order valence-corrected chi connectivity index (χ1v) is 9.79. The van der Waals surface area contributed by atoms with E-state index in [1.807, 2.05) is 13.0 Å². The molecule has 0 spiro atoms. The Morgan fingerprint density at radius 1 is 1.18 bits per heavy atom. The van der Waals surface area contributed by atoms with Gasteiger partial charge in [0.2, 0.25) is 0 Å². The molecule has 0 aliphatic carbocycles. The lowest BCUT2D eigenvalue weighted by Gasteiger charge is -2.43. The van der Waals surface area contributed by atoms with Crippen LogP contribution in [0.3, 0.4) is 0 Å². The molecule has 2 heterocycles.